The minimum absolute atomic E-state index is 0.0339. The van der Waals surface area contributed by atoms with Gasteiger partial charge in [0.25, 0.3) is 0 Å². The summed E-state index contributed by atoms with van der Waals surface area (Å²) < 4.78 is 10.6. The Morgan fingerprint density at radius 1 is 1.20 bits per heavy atom. The number of rotatable bonds is 13. The number of hydrogen-bond acceptors (Lipinski definition) is 6. The summed E-state index contributed by atoms with van der Waals surface area (Å²) >= 11 is 0. The maximum atomic E-state index is 11.6. The van der Waals surface area contributed by atoms with Crippen molar-refractivity contribution >= 4 is 17.6 Å². The van der Waals surface area contributed by atoms with Crippen LogP contribution in [-0.4, -0.2) is 73.3 Å². The van der Waals surface area contributed by atoms with Gasteiger partial charge in [-0.05, 0) is 6.08 Å². The number of hydrogen-bond donors (Lipinski definition) is 2. The largest absolute Gasteiger partial charge is 0.379 e. The molecule has 8 nitrogen and oxygen atoms in total. The molecule has 25 heavy (non-hydrogen) atoms. The first-order chi connectivity index (χ1) is 11.9. The summed E-state index contributed by atoms with van der Waals surface area (Å²) in [4.78, 5) is 35.6. The van der Waals surface area contributed by atoms with Crippen molar-refractivity contribution in [1.82, 2.24) is 10.2 Å². The van der Waals surface area contributed by atoms with Crippen molar-refractivity contribution in [2.45, 2.75) is 32.9 Å². The van der Waals surface area contributed by atoms with Gasteiger partial charge in [0.1, 0.15) is 12.0 Å². The Bertz CT molecular complexity index is 478. The van der Waals surface area contributed by atoms with E-state index in [-0.39, 0.29) is 36.5 Å². The first kappa shape index (κ1) is 21.3. The van der Waals surface area contributed by atoms with Gasteiger partial charge >= 0.3 is 0 Å². The molecule has 0 saturated carbocycles. The standard InChI is InChI=1S/C17H28N2O6/c1-13(2)14(20)6-9-24-11-12-25-10-7-18-15(21)5-8-19-16(22)3-4-17(19)23/h3-4,13,16,22H,5-12H2,1-2H3,(H,18,21). The molecule has 0 fully saturated rings. The number of Topliss-reactive ketones (excluding diaryl/α,β-unsaturated/α-hetero) is 1. The molecule has 8 heteroatoms. The van der Waals surface area contributed by atoms with E-state index in [4.69, 9.17) is 9.47 Å². The predicted octanol–water partition coefficient (Wildman–Crippen LogP) is -0.142. The third-order valence-electron chi connectivity index (χ3n) is 3.67. The number of aliphatic hydroxyl groups is 1. The lowest BCUT2D eigenvalue weighted by Gasteiger charge is -2.19. The Labute approximate surface area is 148 Å². The third kappa shape index (κ3) is 8.76. The number of carbonyl (C=O) groups is 3. The summed E-state index contributed by atoms with van der Waals surface area (Å²) in [5.74, 6) is -0.285. The normalized spacial score (nSPS) is 16.7. The Hall–Kier alpha value is -1.77. The topological polar surface area (TPSA) is 105 Å². The van der Waals surface area contributed by atoms with Crippen LogP contribution in [0.5, 0.6) is 0 Å². The van der Waals surface area contributed by atoms with Gasteiger partial charge < -0.3 is 24.8 Å². The molecule has 1 aliphatic rings. The number of ether oxygens (including phenoxy) is 2. The van der Waals surface area contributed by atoms with Gasteiger partial charge in [-0.2, -0.15) is 0 Å². The van der Waals surface area contributed by atoms with Crippen LogP contribution in [0.4, 0.5) is 0 Å². The summed E-state index contributed by atoms with van der Waals surface area (Å²) in [5.41, 5.74) is 0. The fourth-order valence-electron chi connectivity index (χ4n) is 2.10. The average Bonchev–Trinajstić information content (AvgIpc) is 2.89. The quantitative estimate of drug-likeness (QED) is 0.445. The SMILES string of the molecule is CC(C)C(=O)CCOCCOCCNC(=O)CCN1C(=O)C=CC1O. The van der Waals surface area contributed by atoms with Crippen LogP contribution < -0.4 is 5.32 Å². The summed E-state index contributed by atoms with van der Waals surface area (Å²) in [5, 5.41) is 12.2. The molecule has 1 atom stereocenters. The molecule has 1 rings (SSSR count). The van der Waals surface area contributed by atoms with Gasteiger partial charge in [-0.25, -0.2) is 0 Å². The van der Waals surface area contributed by atoms with E-state index < -0.39 is 6.23 Å². The molecule has 2 amide bonds. The lowest BCUT2D eigenvalue weighted by molar-refractivity contribution is -0.132. The molecule has 2 N–H and O–H groups in total. The third-order valence-corrected chi connectivity index (χ3v) is 3.67. The molecule has 142 valence electrons. The molecule has 0 radical (unpaired) electrons. The first-order valence-electron chi connectivity index (χ1n) is 8.53. The van der Waals surface area contributed by atoms with E-state index in [2.05, 4.69) is 5.32 Å². The molecule has 1 unspecified atom stereocenters. The van der Waals surface area contributed by atoms with Crippen molar-refractivity contribution in [1.29, 1.82) is 0 Å². The molecule has 0 saturated heterocycles. The van der Waals surface area contributed by atoms with Gasteiger partial charge in [0.15, 0.2) is 0 Å². The lowest BCUT2D eigenvalue weighted by atomic mass is 10.1. The van der Waals surface area contributed by atoms with Crippen LogP contribution in [0.3, 0.4) is 0 Å². The molecule has 1 heterocycles. The highest BCUT2D eigenvalue weighted by molar-refractivity contribution is 5.90. The van der Waals surface area contributed by atoms with E-state index in [1.165, 1.54) is 17.1 Å². The number of amides is 2. The minimum atomic E-state index is -0.945. The highest BCUT2D eigenvalue weighted by Crippen LogP contribution is 2.08. The number of carbonyl (C=O) groups excluding carboxylic acids is 3. The van der Waals surface area contributed by atoms with Crippen molar-refractivity contribution in [3.63, 3.8) is 0 Å². The van der Waals surface area contributed by atoms with Crippen molar-refractivity contribution in [3.05, 3.63) is 12.2 Å². The van der Waals surface area contributed by atoms with Gasteiger partial charge in [0, 0.05) is 37.9 Å². The van der Waals surface area contributed by atoms with Crippen LogP contribution in [0, 0.1) is 5.92 Å². The van der Waals surface area contributed by atoms with Crippen LogP contribution in [0.2, 0.25) is 0 Å². The van der Waals surface area contributed by atoms with Crippen molar-refractivity contribution in [3.8, 4) is 0 Å². The zero-order valence-corrected chi connectivity index (χ0v) is 14.9. The highest BCUT2D eigenvalue weighted by Gasteiger charge is 2.23. The van der Waals surface area contributed by atoms with Crippen LogP contribution in [0.15, 0.2) is 12.2 Å². The number of ketones is 1. The first-order valence-corrected chi connectivity index (χ1v) is 8.53. The zero-order chi connectivity index (χ0) is 18.7. The second-order valence-electron chi connectivity index (χ2n) is 6.00. The van der Waals surface area contributed by atoms with Crippen LogP contribution in [0.1, 0.15) is 26.7 Å². The van der Waals surface area contributed by atoms with E-state index in [1.54, 1.807) is 0 Å². The second kappa shape index (κ2) is 11.7. The van der Waals surface area contributed by atoms with Gasteiger partial charge in [-0.3, -0.25) is 14.4 Å². The Kier molecular flexibility index (Phi) is 9.98. The van der Waals surface area contributed by atoms with Gasteiger partial charge in [0.05, 0.1) is 26.4 Å². The molecular weight excluding hydrogens is 328 g/mol. The van der Waals surface area contributed by atoms with Crippen LogP contribution in [0.25, 0.3) is 0 Å². The Balaban J connectivity index is 1.91. The minimum Gasteiger partial charge on any atom is -0.379 e. The molecule has 0 spiro atoms. The van der Waals surface area contributed by atoms with Crippen molar-refractivity contribution < 1.29 is 29.0 Å². The molecule has 0 aromatic rings. The maximum absolute atomic E-state index is 11.6. The van der Waals surface area contributed by atoms with Crippen molar-refractivity contribution in [2.24, 2.45) is 5.92 Å². The average molecular weight is 356 g/mol. The summed E-state index contributed by atoms with van der Waals surface area (Å²) in [7, 11) is 0. The number of aliphatic hydroxyl groups excluding tert-OH is 1. The molecule has 0 aromatic heterocycles. The number of nitrogens with one attached hydrogen (secondary N) is 1. The zero-order valence-electron chi connectivity index (χ0n) is 14.9. The lowest BCUT2D eigenvalue weighted by Crippen LogP contribution is -2.37. The Morgan fingerprint density at radius 3 is 2.48 bits per heavy atom. The van der Waals surface area contributed by atoms with Crippen LogP contribution in [-0.2, 0) is 23.9 Å². The predicted molar refractivity (Wildman–Crippen MR) is 90.6 cm³/mol. The smallest absolute Gasteiger partial charge is 0.248 e. The van der Waals surface area contributed by atoms with Crippen molar-refractivity contribution in [2.75, 3.05) is 39.5 Å². The molecule has 1 aliphatic heterocycles. The molecular formula is C17H28N2O6. The molecule has 0 bridgehead atoms. The van der Waals surface area contributed by atoms with E-state index in [9.17, 15) is 19.5 Å². The van der Waals surface area contributed by atoms with E-state index in [1.807, 2.05) is 13.8 Å². The monoisotopic (exact) mass is 356 g/mol. The Morgan fingerprint density at radius 2 is 1.88 bits per heavy atom. The maximum Gasteiger partial charge on any atom is 0.248 e. The van der Waals surface area contributed by atoms with E-state index in [0.29, 0.717) is 39.4 Å². The number of nitrogens with zero attached hydrogens (tertiary/aromatic N) is 1. The highest BCUT2D eigenvalue weighted by atomic mass is 16.5. The molecule has 0 aromatic carbocycles. The van der Waals surface area contributed by atoms with Gasteiger partial charge in [-0.15, -0.1) is 0 Å². The van der Waals surface area contributed by atoms with Gasteiger partial charge in [0.2, 0.25) is 11.8 Å². The summed E-state index contributed by atoms with van der Waals surface area (Å²) in [6.45, 7) is 5.80. The van der Waals surface area contributed by atoms with E-state index in [0.717, 1.165) is 0 Å². The fourth-order valence-corrected chi connectivity index (χ4v) is 2.10. The van der Waals surface area contributed by atoms with Crippen LogP contribution >= 0.6 is 0 Å². The second-order valence-corrected chi connectivity index (χ2v) is 6.00. The van der Waals surface area contributed by atoms with E-state index >= 15 is 0 Å². The fraction of sp³-hybridized carbons (Fsp3) is 0.706. The summed E-state index contributed by atoms with van der Waals surface area (Å²) in [6, 6.07) is 0. The van der Waals surface area contributed by atoms with Gasteiger partial charge in [-0.1, -0.05) is 13.8 Å². The summed E-state index contributed by atoms with van der Waals surface area (Å²) in [6.07, 6.45) is 2.26. The molecule has 0 aliphatic carbocycles.